The maximum atomic E-state index is 12.7. The van der Waals surface area contributed by atoms with E-state index in [2.05, 4.69) is 81.4 Å². The first kappa shape index (κ1) is 31.8. The van der Waals surface area contributed by atoms with Crippen LogP contribution < -0.4 is 10.4 Å². The first-order valence-electron chi connectivity index (χ1n) is 15.3. The quantitative estimate of drug-likeness (QED) is 0.147. The molecule has 0 aromatic heterocycles. The standard InChI is InChI=1S/C37H43NO5Si/c1-37(2,3)44(31-21-13-7-14-22-31,32-23-15-8-16-24-32)42-28-34-36(41-27-30-19-11-6-12-20-30)33(25-35(39)40-4)38(43-34)26-29-17-9-5-10-18-29/h5-24,33-34,36H,25-28H2,1-4H3/t33-,34-,36+/m0/s1. The number of carbonyl (C=O) groups excluding carboxylic acids is 1. The predicted octanol–water partition coefficient (Wildman–Crippen LogP) is 5.90. The molecule has 0 aliphatic carbocycles. The van der Waals surface area contributed by atoms with Gasteiger partial charge in [0.05, 0.1) is 32.8 Å². The fourth-order valence-corrected chi connectivity index (χ4v) is 10.8. The zero-order valence-electron chi connectivity index (χ0n) is 26.1. The van der Waals surface area contributed by atoms with Crippen LogP contribution in [0.25, 0.3) is 0 Å². The van der Waals surface area contributed by atoms with Crippen LogP contribution >= 0.6 is 0 Å². The molecular weight excluding hydrogens is 566 g/mol. The summed E-state index contributed by atoms with van der Waals surface area (Å²) in [5.41, 5.74) is 2.13. The van der Waals surface area contributed by atoms with E-state index in [-0.39, 0.29) is 23.5 Å². The summed E-state index contributed by atoms with van der Waals surface area (Å²) in [6.45, 7) is 7.99. The van der Waals surface area contributed by atoms with Crippen molar-refractivity contribution in [2.24, 2.45) is 0 Å². The number of nitrogens with zero attached hydrogens (tertiary/aromatic N) is 1. The molecule has 44 heavy (non-hydrogen) atoms. The summed E-state index contributed by atoms with van der Waals surface area (Å²) >= 11 is 0. The van der Waals surface area contributed by atoms with Crippen LogP contribution in [0.5, 0.6) is 0 Å². The lowest BCUT2D eigenvalue weighted by Crippen LogP contribution is -2.67. The highest BCUT2D eigenvalue weighted by molar-refractivity contribution is 6.99. The fraction of sp³-hybridized carbons (Fsp3) is 0.324. The molecule has 0 bridgehead atoms. The molecule has 0 unspecified atom stereocenters. The largest absolute Gasteiger partial charge is 0.469 e. The molecule has 7 heteroatoms. The smallest absolute Gasteiger partial charge is 0.307 e. The van der Waals surface area contributed by atoms with E-state index in [4.69, 9.17) is 18.7 Å². The second-order valence-electron chi connectivity index (χ2n) is 12.3. The highest BCUT2D eigenvalue weighted by Gasteiger charge is 2.52. The van der Waals surface area contributed by atoms with Gasteiger partial charge in [-0.1, -0.05) is 142 Å². The van der Waals surface area contributed by atoms with Crippen molar-refractivity contribution in [2.75, 3.05) is 13.7 Å². The third kappa shape index (κ3) is 7.20. The van der Waals surface area contributed by atoms with E-state index in [1.165, 1.54) is 17.5 Å². The number of ether oxygens (including phenoxy) is 2. The van der Waals surface area contributed by atoms with Crippen LogP contribution in [0.2, 0.25) is 5.04 Å². The Morgan fingerprint density at radius 1 is 0.773 bits per heavy atom. The third-order valence-corrected chi connectivity index (χ3v) is 13.3. The topological polar surface area (TPSA) is 57.2 Å². The van der Waals surface area contributed by atoms with Gasteiger partial charge in [-0.3, -0.25) is 9.63 Å². The number of esters is 1. The Morgan fingerprint density at radius 2 is 1.27 bits per heavy atom. The lowest BCUT2D eigenvalue weighted by molar-refractivity contribution is -0.181. The second kappa shape index (κ2) is 14.5. The summed E-state index contributed by atoms with van der Waals surface area (Å²) < 4.78 is 19.1. The van der Waals surface area contributed by atoms with Gasteiger partial charge in [0, 0.05) is 6.54 Å². The molecule has 1 heterocycles. The number of benzene rings is 4. The van der Waals surface area contributed by atoms with E-state index in [1.807, 2.05) is 65.7 Å². The average Bonchev–Trinajstić information content (AvgIpc) is 3.36. The van der Waals surface area contributed by atoms with Crippen molar-refractivity contribution in [3.63, 3.8) is 0 Å². The van der Waals surface area contributed by atoms with Crippen molar-refractivity contribution >= 4 is 24.7 Å². The normalized spacial score (nSPS) is 19.1. The minimum absolute atomic E-state index is 0.137. The van der Waals surface area contributed by atoms with Gasteiger partial charge in [0.2, 0.25) is 0 Å². The summed E-state index contributed by atoms with van der Waals surface area (Å²) in [7, 11) is -1.42. The first-order chi connectivity index (χ1) is 21.3. The van der Waals surface area contributed by atoms with E-state index in [9.17, 15) is 4.79 Å². The van der Waals surface area contributed by atoms with Crippen LogP contribution in [-0.2, 0) is 36.7 Å². The molecule has 5 rings (SSSR count). The second-order valence-corrected chi connectivity index (χ2v) is 16.6. The Labute approximate surface area is 262 Å². The van der Waals surface area contributed by atoms with Crippen LogP contribution in [-0.4, -0.2) is 51.3 Å². The van der Waals surface area contributed by atoms with E-state index in [0.717, 1.165) is 11.1 Å². The molecule has 1 aliphatic rings. The number of hydrogen-bond donors (Lipinski definition) is 0. The van der Waals surface area contributed by atoms with Gasteiger partial charge in [0.15, 0.2) is 0 Å². The predicted molar refractivity (Wildman–Crippen MR) is 176 cm³/mol. The Balaban J connectivity index is 1.51. The van der Waals surface area contributed by atoms with Crippen molar-refractivity contribution in [1.29, 1.82) is 0 Å². The monoisotopic (exact) mass is 609 g/mol. The molecule has 4 aromatic carbocycles. The molecule has 4 aromatic rings. The van der Waals surface area contributed by atoms with Crippen molar-refractivity contribution in [3.05, 3.63) is 132 Å². The highest BCUT2D eigenvalue weighted by atomic mass is 28.4. The fourth-order valence-electron chi connectivity index (χ4n) is 6.19. The zero-order valence-corrected chi connectivity index (χ0v) is 27.1. The van der Waals surface area contributed by atoms with Gasteiger partial charge in [-0.05, 0) is 26.5 Å². The number of methoxy groups -OCH3 is 1. The van der Waals surface area contributed by atoms with E-state index in [0.29, 0.717) is 19.8 Å². The zero-order chi connectivity index (χ0) is 31.0. The average molecular weight is 610 g/mol. The maximum absolute atomic E-state index is 12.7. The Morgan fingerprint density at radius 3 is 1.77 bits per heavy atom. The molecule has 1 aliphatic heterocycles. The SMILES string of the molecule is COC(=O)C[C@H]1[C@@H](OCc2ccccc2)[C@H](CO[Si](c2ccccc2)(c2ccccc2)C(C)(C)C)ON1Cc1ccccc1. The number of hydroxylamine groups is 2. The van der Waals surface area contributed by atoms with Gasteiger partial charge in [0.1, 0.15) is 12.2 Å². The number of carbonyl (C=O) groups is 1. The summed E-state index contributed by atoms with van der Waals surface area (Å²) in [5, 5.41) is 4.10. The molecule has 1 saturated heterocycles. The van der Waals surface area contributed by atoms with Crippen molar-refractivity contribution in [1.82, 2.24) is 5.06 Å². The van der Waals surface area contributed by atoms with Crippen molar-refractivity contribution in [3.8, 4) is 0 Å². The molecule has 0 N–H and O–H groups in total. The van der Waals surface area contributed by atoms with Crippen LogP contribution in [0, 0.1) is 0 Å². The molecule has 0 amide bonds. The van der Waals surface area contributed by atoms with Gasteiger partial charge >= 0.3 is 5.97 Å². The van der Waals surface area contributed by atoms with Gasteiger partial charge in [-0.15, -0.1) is 0 Å². The molecule has 3 atom stereocenters. The van der Waals surface area contributed by atoms with Gasteiger partial charge in [-0.2, -0.15) is 5.06 Å². The van der Waals surface area contributed by atoms with Crippen LogP contribution in [0.1, 0.15) is 38.3 Å². The van der Waals surface area contributed by atoms with E-state index < -0.39 is 20.5 Å². The highest BCUT2D eigenvalue weighted by Crippen LogP contribution is 2.38. The van der Waals surface area contributed by atoms with Crippen molar-refractivity contribution < 1.29 is 23.5 Å². The molecule has 0 spiro atoms. The van der Waals surface area contributed by atoms with Gasteiger partial charge < -0.3 is 13.9 Å². The van der Waals surface area contributed by atoms with Crippen LogP contribution in [0.3, 0.4) is 0 Å². The lowest BCUT2D eigenvalue weighted by atomic mass is 10.0. The maximum Gasteiger partial charge on any atom is 0.307 e. The Bertz CT molecular complexity index is 1410. The van der Waals surface area contributed by atoms with Gasteiger partial charge in [0.25, 0.3) is 8.32 Å². The summed E-state index contributed by atoms with van der Waals surface area (Å²) in [6.07, 6.45) is -0.742. The summed E-state index contributed by atoms with van der Waals surface area (Å²) in [4.78, 5) is 19.4. The Kier molecular flexibility index (Phi) is 10.5. The molecular formula is C37H43NO5Si. The number of rotatable bonds is 12. The van der Waals surface area contributed by atoms with Gasteiger partial charge in [-0.25, -0.2) is 0 Å². The minimum atomic E-state index is -2.84. The van der Waals surface area contributed by atoms with Crippen LogP contribution in [0.4, 0.5) is 0 Å². The molecule has 0 saturated carbocycles. The summed E-state index contributed by atoms with van der Waals surface area (Å²) in [5.74, 6) is -0.307. The number of hydrogen-bond acceptors (Lipinski definition) is 6. The van der Waals surface area contributed by atoms with E-state index >= 15 is 0 Å². The minimum Gasteiger partial charge on any atom is -0.469 e. The van der Waals surface area contributed by atoms with E-state index in [1.54, 1.807) is 0 Å². The Hall–Kier alpha value is -3.59. The van der Waals surface area contributed by atoms with Crippen LogP contribution in [0.15, 0.2) is 121 Å². The molecule has 230 valence electrons. The first-order valence-corrected chi connectivity index (χ1v) is 17.2. The van der Waals surface area contributed by atoms with Crippen molar-refractivity contribution in [2.45, 2.75) is 63.6 Å². The molecule has 0 radical (unpaired) electrons. The summed E-state index contributed by atoms with van der Waals surface area (Å²) in [6, 6.07) is 41.0. The molecule has 1 fully saturated rings. The third-order valence-electron chi connectivity index (χ3n) is 8.34. The molecule has 6 nitrogen and oxygen atoms in total. The lowest BCUT2D eigenvalue weighted by Gasteiger charge is -2.43.